The molecule has 0 bridgehead atoms. The maximum absolute atomic E-state index is 11.8. The molecule has 130 valence electrons. The van der Waals surface area contributed by atoms with Gasteiger partial charge in [-0.05, 0) is 31.0 Å². The molecule has 0 aliphatic carbocycles. The van der Waals surface area contributed by atoms with Crippen molar-refractivity contribution >= 4 is 11.6 Å². The number of hydrogen-bond donors (Lipinski definition) is 0. The minimum absolute atomic E-state index is 0.255. The van der Waals surface area contributed by atoms with Gasteiger partial charge in [-0.25, -0.2) is 0 Å². The van der Waals surface area contributed by atoms with Crippen molar-refractivity contribution in [1.29, 1.82) is 0 Å². The van der Waals surface area contributed by atoms with E-state index in [2.05, 4.69) is 41.0 Å². The molecule has 0 radical (unpaired) electrons. The molecule has 3 fully saturated rings. The molecule has 0 unspecified atom stereocenters. The number of nitrogens with zero attached hydrogens (tertiary/aromatic N) is 3. The van der Waals surface area contributed by atoms with Crippen molar-refractivity contribution in [2.24, 2.45) is 0 Å². The normalized spacial score (nSPS) is 29.0. The number of morpholine rings is 1. The predicted octanol–water partition coefficient (Wildman–Crippen LogP) is 1.72. The first-order valence-electron chi connectivity index (χ1n) is 9.16. The zero-order chi connectivity index (χ0) is 16.5. The molecule has 3 heterocycles. The highest BCUT2D eigenvalue weighted by atomic mass is 16.5. The number of amides is 1. The first-order chi connectivity index (χ1) is 11.7. The lowest BCUT2D eigenvalue weighted by Gasteiger charge is -2.47. The Hall–Kier alpha value is -1.43. The molecule has 1 aromatic rings. The summed E-state index contributed by atoms with van der Waals surface area (Å²) in [5, 5.41) is 0. The molecule has 1 amide bonds. The van der Waals surface area contributed by atoms with E-state index in [4.69, 9.17) is 4.74 Å². The lowest BCUT2D eigenvalue weighted by Crippen LogP contribution is -2.60. The molecular formula is C19H27N3O2. The van der Waals surface area contributed by atoms with Gasteiger partial charge in [-0.2, -0.15) is 0 Å². The Morgan fingerprint density at radius 3 is 2.71 bits per heavy atom. The monoisotopic (exact) mass is 329 g/mol. The molecule has 3 aliphatic heterocycles. The van der Waals surface area contributed by atoms with E-state index in [-0.39, 0.29) is 5.91 Å². The third kappa shape index (κ3) is 3.21. The van der Waals surface area contributed by atoms with Crippen molar-refractivity contribution in [2.45, 2.75) is 38.4 Å². The second-order valence-electron chi connectivity index (χ2n) is 7.33. The molecule has 5 nitrogen and oxygen atoms in total. The van der Waals surface area contributed by atoms with Crippen molar-refractivity contribution in [2.75, 3.05) is 44.3 Å². The number of ether oxygens (including phenoxy) is 1. The lowest BCUT2D eigenvalue weighted by atomic mass is 10.1. The van der Waals surface area contributed by atoms with Crippen molar-refractivity contribution < 1.29 is 9.53 Å². The number of carbonyl (C=O) groups is 1. The van der Waals surface area contributed by atoms with Crippen LogP contribution in [0, 0.1) is 0 Å². The summed E-state index contributed by atoms with van der Waals surface area (Å²) in [5.74, 6) is 0.255. The fraction of sp³-hybridized carbons (Fsp3) is 0.632. The minimum atomic E-state index is 0.255. The minimum Gasteiger partial charge on any atom is -0.378 e. The van der Waals surface area contributed by atoms with E-state index < -0.39 is 0 Å². The Morgan fingerprint density at radius 2 is 1.96 bits per heavy atom. The Bertz CT molecular complexity index is 589. The Morgan fingerprint density at radius 1 is 1.12 bits per heavy atom. The number of hydrogen-bond acceptors (Lipinski definition) is 4. The largest absolute Gasteiger partial charge is 0.378 e. The highest BCUT2D eigenvalue weighted by Crippen LogP contribution is 2.23. The maximum atomic E-state index is 11.8. The third-order valence-electron chi connectivity index (χ3n) is 5.58. The third-order valence-corrected chi connectivity index (χ3v) is 5.58. The van der Waals surface area contributed by atoms with Crippen LogP contribution in [0.5, 0.6) is 0 Å². The summed E-state index contributed by atoms with van der Waals surface area (Å²) in [5.41, 5.74) is 2.36. The van der Waals surface area contributed by atoms with Crippen LogP contribution in [-0.2, 0) is 16.1 Å². The van der Waals surface area contributed by atoms with Gasteiger partial charge in [0.2, 0.25) is 5.91 Å². The van der Waals surface area contributed by atoms with Crippen LogP contribution in [0.25, 0.3) is 0 Å². The fourth-order valence-corrected chi connectivity index (χ4v) is 4.24. The summed E-state index contributed by atoms with van der Waals surface area (Å²) in [4.78, 5) is 18.9. The highest BCUT2D eigenvalue weighted by molar-refractivity contribution is 5.95. The van der Waals surface area contributed by atoms with Gasteiger partial charge in [0, 0.05) is 56.9 Å². The van der Waals surface area contributed by atoms with Gasteiger partial charge in [-0.15, -0.1) is 0 Å². The summed E-state index contributed by atoms with van der Waals surface area (Å²) < 4.78 is 5.73. The molecular weight excluding hydrogens is 302 g/mol. The summed E-state index contributed by atoms with van der Waals surface area (Å²) in [6.45, 7) is 9.16. The van der Waals surface area contributed by atoms with Crippen LogP contribution in [0.15, 0.2) is 24.3 Å². The van der Waals surface area contributed by atoms with Gasteiger partial charge in [-0.1, -0.05) is 12.1 Å². The average Bonchev–Trinajstić information content (AvgIpc) is 3.02. The van der Waals surface area contributed by atoms with Gasteiger partial charge < -0.3 is 9.64 Å². The van der Waals surface area contributed by atoms with Crippen LogP contribution in [0.3, 0.4) is 0 Å². The molecule has 3 aliphatic rings. The Labute approximate surface area is 144 Å². The quantitative estimate of drug-likeness (QED) is 0.846. The number of anilines is 1. The van der Waals surface area contributed by atoms with E-state index in [0.717, 1.165) is 58.0 Å². The molecule has 2 atom stereocenters. The molecule has 0 aromatic heterocycles. The molecule has 24 heavy (non-hydrogen) atoms. The highest BCUT2D eigenvalue weighted by Gasteiger charge is 2.33. The zero-order valence-electron chi connectivity index (χ0n) is 14.5. The van der Waals surface area contributed by atoms with E-state index in [9.17, 15) is 4.79 Å². The summed E-state index contributed by atoms with van der Waals surface area (Å²) >= 11 is 0. The van der Waals surface area contributed by atoms with Crippen LogP contribution in [0.4, 0.5) is 5.69 Å². The van der Waals surface area contributed by atoms with E-state index in [0.29, 0.717) is 18.5 Å². The Balaban J connectivity index is 1.36. The van der Waals surface area contributed by atoms with Gasteiger partial charge in [0.1, 0.15) is 0 Å². The first-order valence-corrected chi connectivity index (χ1v) is 9.16. The van der Waals surface area contributed by atoms with Crippen LogP contribution in [0.1, 0.15) is 25.3 Å². The van der Waals surface area contributed by atoms with Gasteiger partial charge in [0.15, 0.2) is 0 Å². The van der Waals surface area contributed by atoms with Crippen molar-refractivity contribution in [1.82, 2.24) is 9.80 Å². The van der Waals surface area contributed by atoms with Crippen LogP contribution >= 0.6 is 0 Å². The maximum Gasteiger partial charge on any atom is 0.227 e. The SMILES string of the molecule is C[C@H]1COC[C@H]2CN(Cc3ccc(N4CCCC4=O)cc3)CCN21. The smallest absolute Gasteiger partial charge is 0.227 e. The number of piperazine rings is 1. The first kappa shape index (κ1) is 16.1. The van der Waals surface area contributed by atoms with E-state index >= 15 is 0 Å². The second-order valence-corrected chi connectivity index (χ2v) is 7.33. The topological polar surface area (TPSA) is 36.0 Å². The molecule has 5 heteroatoms. The van der Waals surface area contributed by atoms with Gasteiger partial charge in [0.25, 0.3) is 0 Å². The predicted molar refractivity (Wildman–Crippen MR) is 94.1 cm³/mol. The molecule has 0 saturated carbocycles. The van der Waals surface area contributed by atoms with Gasteiger partial charge in [0.05, 0.1) is 13.2 Å². The number of carbonyl (C=O) groups excluding carboxylic acids is 1. The average molecular weight is 329 g/mol. The summed E-state index contributed by atoms with van der Waals surface area (Å²) in [6.07, 6.45) is 1.67. The number of benzene rings is 1. The van der Waals surface area contributed by atoms with Gasteiger partial charge >= 0.3 is 0 Å². The van der Waals surface area contributed by atoms with Crippen molar-refractivity contribution in [3.05, 3.63) is 29.8 Å². The van der Waals surface area contributed by atoms with Gasteiger partial charge in [-0.3, -0.25) is 14.6 Å². The fourth-order valence-electron chi connectivity index (χ4n) is 4.24. The Kier molecular flexibility index (Phi) is 4.57. The second kappa shape index (κ2) is 6.82. The summed E-state index contributed by atoms with van der Waals surface area (Å²) in [6, 6.07) is 9.62. The molecule has 1 aromatic carbocycles. The van der Waals surface area contributed by atoms with Crippen LogP contribution < -0.4 is 4.90 Å². The van der Waals surface area contributed by atoms with E-state index in [1.165, 1.54) is 5.56 Å². The summed E-state index contributed by atoms with van der Waals surface area (Å²) in [7, 11) is 0. The molecule has 0 N–H and O–H groups in total. The number of rotatable bonds is 3. The molecule has 0 spiro atoms. The van der Waals surface area contributed by atoms with Crippen LogP contribution in [-0.4, -0.2) is 67.2 Å². The molecule has 4 rings (SSSR count). The van der Waals surface area contributed by atoms with Crippen molar-refractivity contribution in [3.63, 3.8) is 0 Å². The standard InChI is InChI=1S/C19H27N3O2/c1-15-13-24-14-18-12-20(9-10-21(15)18)11-16-4-6-17(7-5-16)22-8-2-3-19(22)23/h4-7,15,18H,2-3,8-14H2,1H3/t15-,18+/m0/s1. The number of fused-ring (bicyclic) bond motifs is 1. The van der Waals surface area contributed by atoms with E-state index in [1.54, 1.807) is 0 Å². The molecule has 3 saturated heterocycles. The van der Waals surface area contributed by atoms with E-state index in [1.807, 2.05) is 4.90 Å². The lowest BCUT2D eigenvalue weighted by molar-refractivity contribution is -0.117. The zero-order valence-corrected chi connectivity index (χ0v) is 14.5. The van der Waals surface area contributed by atoms with Crippen LogP contribution in [0.2, 0.25) is 0 Å². The van der Waals surface area contributed by atoms with Crippen molar-refractivity contribution in [3.8, 4) is 0 Å².